The van der Waals surface area contributed by atoms with E-state index in [9.17, 15) is 21.6 Å². The smallest absolute Gasteiger partial charge is 0.309 e. The van der Waals surface area contributed by atoms with Gasteiger partial charge in [-0.05, 0) is 24.3 Å². The fourth-order valence-corrected chi connectivity index (χ4v) is 4.21. The zero-order valence-corrected chi connectivity index (χ0v) is 17.3. The Balaban J connectivity index is 2.23. The molecule has 29 heavy (non-hydrogen) atoms. The van der Waals surface area contributed by atoms with Gasteiger partial charge in [0.05, 0.1) is 16.2 Å². The third-order valence-corrected chi connectivity index (χ3v) is 6.28. The van der Waals surface area contributed by atoms with E-state index in [0.717, 1.165) is 0 Å². The highest BCUT2D eigenvalue weighted by molar-refractivity contribution is 7.91. The molecule has 0 N–H and O–H groups in total. The number of halogens is 5. The number of alkyl halides is 3. The fraction of sp³-hybridized carbons (Fsp3) is 0.235. The van der Waals surface area contributed by atoms with E-state index < -0.39 is 32.2 Å². The van der Waals surface area contributed by atoms with Crippen LogP contribution < -0.4 is 0 Å². The van der Waals surface area contributed by atoms with Crippen LogP contribution in [0.3, 0.4) is 0 Å². The Morgan fingerprint density at radius 1 is 1.03 bits per heavy atom. The minimum Gasteiger partial charge on any atom is -0.309 e. The second-order valence-corrected chi connectivity index (χ2v) is 9.16. The first-order valence-electron chi connectivity index (χ1n) is 8.10. The van der Waals surface area contributed by atoms with Crippen LogP contribution in [0, 0.1) is 0 Å². The van der Waals surface area contributed by atoms with Gasteiger partial charge >= 0.3 is 6.18 Å². The van der Waals surface area contributed by atoms with Crippen molar-refractivity contribution in [3.05, 3.63) is 46.1 Å². The Labute approximate surface area is 174 Å². The van der Waals surface area contributed by atoms with Gasteiger partial charge in [0.15, 0.2) is 21.5 Å². The van der Waals surface area contributed by atoms with Gasteiger partial charge in [0.1, 0.15) is 5.69 Å². The molecule has 0 amide bonds. The van der Waals surface area contributed by atoms with E-state index >= 15 is 0 Å². The largest absolute Gasteiger partial charge is 0.417 e. The van der Waals surface area contributed by atoms with E-state index in [1.54, 1.807) is 12.1 Å². The molecule has 0 unspecified atom stereocenters. The lowest BCUT2D eigenvalue weighted by Gasteiger charge is -2.12. The van der Waals surface area contributed by atoms with Crippen LogP contribution in [0.1, 0.15) is 12.5 Å². The summed E-state index contributed by atoms with van der Waals surface area (Å²) in [5.41, 5.74) is -0.901. The molecule has 0 saturated heterocycles. The number of hydrogen-bond acceptors (Lipinski definition) is 5. The van der Waals surface area contributed by atoms with Crippen molar-refractivity contribution in [2.45, 2.75) is 18.0 Å². The highest BCUT2D eigenvalue weighted by Crippen LogP contribution is 2.35. The summed E-state index contributed by atoms with van der Waals surface area (Å²) in [6.07, 6.45) is -4.18. The van der Waals surface area contributed by atoms with Crippen LogP contribution in [-0.2, 0) is 23.1 Å². The Hall–Kier alpha value is -2.17. The third kappa shape index (κ3) is 4.24. The molecule has 1 aromatic carbocycles. The van der Waals surface area contributed by atoms with Crippen LogP contribution >= 0.6 is 23.2 Å². The highest BCUT2D eigenvalue weighted by atomic mass is 35.5. The Bertz CT molecular complexity index is 1170. The van der Waals surface area contributed by atoms with Crippen LogP contribution in [0.2, 0.25) is 10.0 Å². The first-order chi connectivity index (χ1) is 13.4. The Morgan fingerprint density at radius 2 is 1.62 bits per heavy atom. The molecule has 3 aromatic rings. The van der Waals surface area contributed by atoms with Gasteiger partial charge in [0.25, 0.3) is 0 Å². The summed E-state index contributed by atoms with van der Waals surface area (Å²) in [7, 11) is -2.50. The number of nitrogens with zero attached hydrogens (tertiary/aromatic N) is 4. The second kappa shape index (κ2) is 7.58. The molecule has 0 aliphatic rings. The monoisotopic (exact) mass is 464 g/mol. The molecule has 0 spiro atoms. The van der Waals surface area contributed by atoms with Gasteiger partial charge in [-0.2, -0.15) is 13.2 Å². The van der Waals surface area contributed by atoms with Crippen LogP contribution in [0.5, 0.6) is 0 Å². The molecular formula is C17H13Cl2F3N4O2S. The molecule has 0 aliphatic heterocycles. The first kappa shape index (κ1) is 21.5. The van der Waals surface area contributed by atoms with Crippen molar-refractivity contribution in [1.29, 1.82) is 0 Å². The van der Waals surface area contributed by atoms with Crippen LogP contribution in [0.25, 0.3) is 22.9 Å². The molecule has 0 atom stereocenters. The maximum Gasteiger partial charge on any atom is 0.417 e. The maximum atomic E-state index is 13.1. The highest BCUT2D eigenvalue weighted by Gasteiger charge is 2.34. The summed E-state index contributed by atoms with van der Waals surface area (Å²) >= 11 is 12.0. The summed E-state index contributed by atoms with van der Waals surface area (Å²) in [5, 5.41) is 8.64. The molecule has 6 nitrogen and oxygen atoms in total. The van der Waals surface area contributed by atoms with Crippen molar-refractivity contribution in [2.24, 2.45) is 7.05 Å². The molecule has 12 heteroatoms. The minimum atomic E-state index is -4.74. The zero-order chi connectivity index (χ0) is 21.6. The molecule has 0 bridgehead atoms. The van der Waals surface area contributed by atoms with Gasteiger partial charge in [0.2, 0.25) is 0 Å². The molecule has 154 valence electrons. The van der Waals surface area contributed by atoms with Crippen LogP contribution in [-0.4, -0.2) is 33.9 Å². The molecule has 0 aliphatic carbocycles. The lowest BCUT2D eigenvalue weighted by molar-refractivity contribution is -0.138. The van der Waals surface area contributed by atoms with Crippen LogP contribution in [0.4, 0.5) is 13.2 Å². The van der Waals surface area contributed by atoms with Gasteiger partial charge in [-0.25, -0.2) is 8.42 Å². The Morgan fingerprint density at radius 3 is 2.17 bits per heavy atom. The maximum absolute atomic E-state index is 13.1. The molecule has 0 fully saturated rings. The van der Waals surface area contributed by atoms with Crippen molar-refractivity contribution >= 4 is 33.0 Å². The Kier molecular flexibility index (Phi) is 5.63. The number of rotatable bonds is 4. The number of pyridine rings is 1. The van der Waals surface area contributed by atoms with Crippen molar-refractivity contribution in [1.82, 2.24) is 19.7 Å². The molecule has 2 aromatic heterocycles. The quantitative estimate of drug-likeness (QED) is 0.560. The van der Waals surface area contributed by atoms with Crippen molar-refractivity contribution < 1.29 is 21.6 Å². The minimum absolute atomic E-state index is 0.0168. The van der Waals surface area contributed by atoms with E-state index in [-0.39, 0.29) is 17.3 Å². The topological polar surface area (TPSA) is 77.7 Å². The number of hydrogen-bond donors (Lipinski definition) is 0. The van der Waals surface area contributed by atoms with E-state index in [1.807, 2.05) is 0 Å². The van der Waals surface area contributed by atoms with Crippen molar-refractivity contribution in [2.75, 3.05) is 5.75 Å². The zero-order valence-electron chi connectivity index (χ0n) is 15.0. The van der Waals surface area contributed by atoms with Gasteiger partial charge in [-0.15, -0.1) is 10.2 Å². The summed E-state index contributed by atoms with van der Waals surface area (Å²) in [6, 6.07) is 5.23. The summed E-state index contributed by atoms with van der Waals surface area (Å²) < 4.78 is 65.6. The van der Waals surface area contributed by atoms with Crippen molar-refractivity contribution in [3.63, 3.8) is 0 Å². The molecule has 3 rings (SSSR count). The first-order valence-corrected chi connectivity index (χ1v) is 10.5. The second-order valence-electron chi connectivity index (χ2n) is 6.04. The van der Waals surface area contributed by atoms with Crippen LogP contribution in [0.15, 0.2) is 35.4 Å². The molecule has 2 heterocycles. The average Bonchev–Trinajstić information content (AvgIpc) is 3.01. The predicted molar refractivity (Wildman–Crippen MR) is 102 cm³/mol. The van der Waals surface area contributed by atoms with Gasteiger partial charge in [-0.1, -0.05) is 30.1 Å². The SMILES string of the molecule is CCS(=O)(=O)c1cc(C(F)(F)F)cnc1-c1nnc(-c2cc(Cl)cc(Cl)c2)n1C. The van der Waals surface area contributed by atoms with E-state index in [2.05, 4.69) is 15.2 Å². The number of benzene rings is 1. The molecule has 0 saturated carbocycles. The standard InChI is InChI=1S/C17H13Cl2F3N4O2S/c1-3-29(27,28)13-6-10(17(20,21)22)8-23-14(13)16-25-24-15(26(16)2)9-4-11(18)7-12(19)5-9/h4-8H,3H2,1-2H3. The van der Waals surface area contributed by atoms with Gasteiger partial charge < -0.3 is 4.57 Å². The van der Waals surface area contributed by atoms with E-state index in [1.165, 1.54) is 24.6 Å². The molecular weight excluding hydrogens is 452 g/mol. The van der Waals surface area contributed by atoms with E-state index in [4.69, 9.17) is 23.2 Å². The average molecular weight is 465 g/mol. The lowest BCUT2D eigenvalue weighted by atomic mass is 10.2. The third-order valence-electron chi connectivity index (χ3n) is 4.10. The van der Waals surface area contributed by atoms with Gasteiger partial charge in [0, 0.05) is 28.9 Å². The summed E-state index contributed by atoms with van der Waals surface area (Å²) in [4.78, 5) is 3.19. The number of sulfone groups is 1. The fourth-order valence-electron chi connectivity index (χ4n) is 2.63. The summed E-state index contributed by atoms with van der Waals surface area (Å²) in [6.45, 7) is 1.33. The summed E-state index contributed by atoms with van der Waals surface area (Å²) in [5.74, 6) is -0.139. The molecule has 0 radical (unpaired) electrons. The van der Waals surface area contributed by atoms with Crippen molar-refractivity contribution in [3.8, 4) is 22.9 Å². The van der Waals surface area contributed by atoms with Gasteiger partial charge in [-0.3, -0.25) is 4.98 Å². The normalized spacial score (nSPS) is 12.4. The lowest BCUT2D eigenvalue weighted by Crippen LogP contribution is -2.13. The predicted octanol–water partition coefficient (Wildman–Crippen LogP) is 4.66. The number of aromatic nitrogens is 4. The van der Waals surface area contributed by atoms with E-state index in [0.29, 0.717) is 27.9 Å².